The predicted octanol–water partition coefficient (Wildman–Crippen LogP) is 1.02. The first-order valence-electron chi connectivity index (χ1n) is 4.84. The lowest BCUT2D eigenvalue weighted by Crippen LogP contribution is -2.13. The fourth-order valence-electron chi connectivity index (χ4n) is 1.31. The first-order valence-corrected chi connectivity index (χ1v) is 5.72. The highest BCUT2D eigenvalue weighted by Gasteiger charge is 2.08. The first-order chi connectivity index (χ1) is 8.15. The van der Waals surface area contributed by atoms with E-state index >= 15 is 0 Å². The summed E-state index contributed by atoms with van der Waals surface area (Å²) in [7, 11) is 0. The topological polar surface area (TPSA) is 95.3 Å². The second kappa shape index (κ2) is 4.98. The van der Waals surface area contributed by atoms with E-state index in [2.05, 4.69) is 10.3 Å². The molecule has 0 atom stereocenters. The normalized spacial score (nSPS) is 10.6. The monoisotopic (exact) mass is 254 g/mol. The molecule has 17 heavy (non-hydrogen) atoms. The number of carboxylic acid groups (broad SMARTS) is 1. The highest BCUT2D eigenvalue weighted by Crippen LogP contribution is 2.07. The average Bonchev–Trinajstić information content (AvgIpc) is 2.88. The summed E-state index contributed by atoms with van der Waals surface area (Å²) in [5, 5.41) is 13.4. The van der Waals surface area contributed by atoms with Crippen molar-refractivity contribution in [1.29, 1.82) is 0 Å². The predicted molar refractivity (Wildman–Crippen MR) is 61.2 cm³/mol. The minimum atomic E-state index is -1.08. The maximum absolute atomic E-state index is 10.9. The van der Waals surface area contributed by atoms with E-state index in [0.717, 1.165) is 17.0 Å². The zero-order chi connectivity index (χ0) is 12.3. The summed E-state index contributed by atoms with van der Waals surface area (Å²) in [5.74, 6) is -0.621. The summed E-state index contributed by atoms with van der Waals surface area (Å²) in [4.78, 5) is 24.0. The van der Waals surface area contributed by atoms with Crippen LogP contribution in [-0.4, -0.2) is 16.1 Å². The van der Waals surface area contributed by atoms with Crippen LogP contribution in [-0.2, 0) is 13.1 Å². The van der Waals surface area contributed by atoms with Crippen molar-refractivity contribution in [2.75, 3.05) is 0 Å². The molecule has 7 heteroatoms. The van der Waals surface area contributed by atoms with E-state index < -0.39 is 5.97 Å². The Hall–Kier alpha value is -1.86. The minimum Gasteiger partial charge on any atom is -0.475 e. The molecule has 90 valence electrons. The van der Waals surface area contributed by atoms with E-state index in [1.165, 1.54) is 6.07 Å². The van der Waals surface area contributed by atoms with Crippen molar-refractivity contribution >= 4 is 17.3 Å². The molecule has 0 saturated carbocycles. The van der Waals surface area contributed by atoms with Crippen molar-refractivity contribution in [3.63, 3.8) is 0 Å². The largest absolute Gasteiger partial charge is 0.475 e. The molecule has 6 nitrogen and oxygen atoms in total. The molecule has 0 aliphatic carbocycles. The number of rotatable bonds is 5. The van der Waals surface area contributed by atoms with Crippen LogP contribution in [0, 0.1) is 0 Å². The molecular formula is C10H10N2O4S. The Morgan fingerprint density at radius 2 is 2.29 bits per heavy atom. The summed E-state index contributed by atoms with van der Waals surface area (Å²) in [6, 6.07) is 3.01. The van der Waals surface area contributed by atoms with Gasteiger partial charge < -0.3 is 19.8 Å². The van der Waals surface area contributed by atoms with Crippen molar-refractivity contribution in [3.05, 3.63) is 44.4 Å². The average molecular weight is 254 g/mol. The molecule has 2 rings (SSSR count). The van der Waals surface area contributed by atoms with Gasteiger partial charge >= 0.3 is 10.8 Å². The van der Waals surface area contributed by atoms with E-state index in [0.29, 0.717) is 18.8 Å². The van der Waals surface area contributed by atoms with Gasteiger partial charge in [-0.1, -0.05) is 11.3 Å². The SMILES string of the molecule is O=C(O)c1ccc(CNCc2csc(=O)[nH]2)o1. The Kier molecular flexibility index (Phi) is 3.40. The smallest absolute Gasteiger partial charge is 0.371 e. The number of aromatic amines is 1. The minimum absolute atomic E-state index is 0.0780. The van der Waals surface area contributed by atoms with Gasteiger partial charge in [0.1, 0.15) is 5.76 Å². The van der Waals surface area contributed by atoms with E-state index in [1.54, 1.807) is 11.4 Å². The zero-order valence-corrected chi connectivity index (χ0v) is 9.54. The van der Waals surface area contributed by atoms with Gasteiger partial charge in [0.05, 0.1) is 6.54 Å². The number of nitrogens with one attached hydrogen (secondary N) is 2. The lowest BCUT2D eigenvalue weighted by molar-refractivity contribution is 0.0660. The van der Waals surface area contributed by atoms with Crippen LogP contribution in [0.1, 0.15) is 22.0 Å². The molecule has 0 spiro atoms. The summed E-state index contributed by atoms with van der Waals surface area (Å²) < 4.78 is 5.06. The molecule has 0 amide bonds. The molecule has 2 aromatic rings. The van der Waals surface area contributed by atoms with Gasteiger partial charge in [0.25, 0.3) is 0 Å². The molecule has 0 saturated heterocycles. The van der Waals surface area contributed by atoms with Crippen LogP contribution < -0.4 is 10.2 Å². The van der Waals surface area contributed by atoms with Gasteiger partial charge in [0, 0.05) is 17.6 Å². The quantitative estimate of drug-likeness (QED) is 0.740. The Balaban J connectivity index is 1.85. The third-order valence-corrected chi connectivity index (χ3v) is 2.78. The van der Waals surface area contributed by atoms with Crippen LogP contribution in [0.5, 0.6) is 0 Å². The third-order valence-electron chi connectivity index (χ3n) is 2.06. The fourth-order valence-corrected chi connectivity index (χ4v) is 1.89. The lowest BCUT2D eigenvalue weighted by atomic mass is 10.4. The van der Waals surface area contributed by atoms with Crippen LogP contribution in [0.15, 0.2) is 26.7 Å². The fraction of sp³-hybridized carbons (Fsp3) is 0.200. The summed E-state index contributed by atoms with van der Waals surface area (Å²) in [6.07, 6.45) is 0. The number of furan rings is 1. The van der Waals surface area contributed by atoms with Crippen molar-refractivity contribution < 1.29 is 14.3 Å². The number of carboxylic acids is 1. The number of aromatic carboxylic acids is 1. The van der Waals surface area contributed by atoms with Crippen LogP contribution in [0.4, 0.5) is 0 Å². The first kappa shape index (κ1) is 11.6. The molecule has 2 heterocycles. The van der Waals surface area contributed by atoms with Crippen LogP contribution >= 0.6 is 11.3 Å². The number of thiazole rings is 1. The molecule has 2 aromatic heterocycles. The van der Waals surface area contributed by atoms with Crippen molar-refractivity contribution in [1.82, 2.24) is 10.3 Å². The molecule has 0 aliphatic heterocycles. The molecule has 3 N–H and O–H groups in total. The Labute approximate surface area is 99.9 Å². The van der Waals surface area contributed by atoms with Crippen molar-refractivity contribution in [2.24, 2.45) is 0 Å². The molecule has 0 aromatic carbocycles. The second-order valence-electron chi connectivity index (χ2n) is 3.35. The van der Waals surface area contributed by atoms with Crippen LogP contribution in [0.2, 0.25) is 0 Å². The summed E-state index contributed by atoms with van der Waals surface area (Å²) >= 11 is 1.11. The Morgan fingerprint density at radius 1 is 1.47 bits per heavy atom. The number of hydrogen-bond acceptors (Lipinski definition) is 5. The molecule has 0 bridgehead atoms. The van der Waals surface area contributed by atoms with E-state index in [9.17, 15) is 9.59 Å². The van der Waals surface area contributed by atoms with Gasteiger partial charge in [-0.15, -0.1) is 0 Å². The number of aromatic nitrogens is 1. The van der Waals surface area contributed by atoms with Gasteiger partial charge in [0.2, 0.25) is 5.76 Å². The van der Waals surface area contributed by atoms with Crippen molar-refractivity contribution in [2.45, 2.75) is 13.1 Å². The van der Waals surface area contributed by atoms with Gasteiger partial charge in [-0.25, -0.2) is 4.79 Å². The molecular weight excluding hydrogens is 244 g/mol. The summed E-state index contributed by atoms with van der Waals surface area (Å²) in [5.41, 5.74) is 0.796. The van der Waals surface area contributed by atoms with Gasteiger partial charge in [-0.2, -0.15) is 0 Å². The summed E-state index contributed by atoms with van der Waals surface area (Å²) in [6.45, 7) is 0.910. The van der Waals surface area contributed by atoms with Crippen LogP contribution in [0.25, 0.3) is 0 Å². The molecule has 0 fully saturated rings. The highest BCUT2D eigenvalue weighted by molar-refractivity contribution is 7.07. The molecule has 0 aliphatic rings. The second-order valence-corrected chi connectivity index (χ2v) is 4.19. The number of H-pyrrole nitrogens is 1. The Morgan fingerprint density at radius 3 is 2.88 bits per heavy atom. The van der Waals surface area contributed by atoms with Crippen LogP contribution in [0.3, 0.4) is 0 Å². The highest BCUT2D eigenvalue weighted by atomic mass is 32.1. The number of hydrogen-bond donors (Lipinski definition) is 3. The third kappa shape index (κ3) is 3.05. The maximum Gasteiger partial charge on any atom is 0.371 e. The Bertz CT molecular complexity index is 569. The van der Waals surface area contributed by atoms with E-state index in [4.69, 9.17) is 9.52 Å². The van der Waals surface area contributed by atoms with Gasteiger partial charge in [-0.3, -0.25) is 4.79 Å². The van der Waals surface area contributed by atoms with E-state index in [1.807, 2.05) is 0 Å². The molecule has 0 unspecified atom stereocenters. The maximum atomic E-state index is 10.9. The van der Waals surface area contributed by atoms with Crippen molar-refractivity contribution in [3.8, 4) is 0 Å². The number of carbonyl (C=O) groups is 1. The standard InChI is InChI=1S/C10H10N2O4S/c13-9(14)8-2-1-7(16-8)4-11-3-6-5-17-10(15)12-6/h1-2,5,11H,3-4H2,(H,12,15)(H,13,14). The van der Waals surface area contributed by atoms with Gasteiger partial charge in [0.15, 0.2) is 0 Å². The zero-order valence-electron chi connectivity index (χ0n) is 8.73. The van der Waals surface area contributed by atoms with E-state index in [-0.39, 0.29) is 10.6 Å². The molecule has 0 radical (unpaired) electrons. The lowest BCUT2D eigenvalue weighted by Gasteiger charge is -1.99. The van der Waals surface area contributed by atoms with Gasteiger partial charge in [-0.05, 0) is 12.1 Å².